The van der Waals surface area contributed by atoms with Gasteiger partial charge in [0.1, 0.15) is 12.6 Å². The van der Waals surface area contributed by atoms with Crippen molar-refractivity contribution in [2.75, 3.05) is 6.61 Å². The number of benzene rings is 1. The molecule has 0 radical (unpaired) electrons. The van der Waals surface area contributed by atoms with Gasteiger partial charge in [0.15, 0.2) is 5.82 Å². The van der Waals surface area contributed by atoms with Gasteiger partial charge in [0.05, 0.1) is 0 Å². The van der Waals surface area contributed by atoms with Gasteiger partial charge in [0.25, 0.3) is 0 Å². The van der Waals surface area contributed by atoms with Crippen LogP contribution in [0.15, 0.2) is 29.0 Å². The minimum absolute atomic E-state index is 0.0719. The lowest BCUT2D eigenvalue weighted by molar-refractivity contribution is -0.0311. The molecular weight excluding hydrogens is 306 g/mol. The number of halogens is 1. The normalized spacial score (nSPS) is 19.6. The van der Waals surface area contributed by atoms with Crippen molar-refractivity contribution in [3.63, 3.8) is 0 Å². The summed E-state index contributed by atoms with van der Waals surface area (Å²) in [7, 11) is 0. The van der Waals surface area contributed by atoms with Crippen LogP contribution >= 0.6 is 15.9 Å². The van der Waals surface area contributed by atoms with E-state index < -0.39 is 0 Å². The van der Waals surface area contributed by atoms with Crippen LogP contribution in [0.2, 0.25) is 0 Å². The summed E-state index contributed by atoms with van der Waals surface area (Å²) in [6, 6.07) is 6.22. The average molecular weight is 322 g/mol. The molecule has 5 heteroatoms. The van der Waals surface area contributed by atoms with E-state index in [1.807, 2.05) is 10.6 Å². The zero-order valence-electron chi connectivity index (χ0n) is 10.8. The number of hydrogen-bond donors (Lipinski definition) is 0. The molecule has 1 aliphatic rings. The number of ether oxygens (including phenoxy) is 1. The van der Waals surface area contributed by atoms with E-state index in [0.29, 0.717) is 0 Å². The lowest BCUT2D eigenvalue weighted by Gasteiger charge is -2.24. The summed E-state index contributed by atoms with van der Waals surface area (Å²) in [5, 5.41) is 8.30. The van der Waals surface area contributed by atoms with Crippen molar-refractivity contribution in [1.29, 1.82) is 0 Å². The van der Waals surface area contributed by atoms with E-state index >= 15 is 0 Å². The van der Waals surface area contributed by atoms with Crippen molar-refractivity contribution in [2.45, 2.75) is 32.4 Å². The molecule has 19 heavy (non-hydrogen) atoms. The number of aromatic nitrogens is 3. The Morgan fingerprint density at radius 3 is 3.00 bits per heavy atom. The third-order valence-electron chi connectivity index (χ3n) is 3.46. The number of aryl methyl sites for hydroxylation is 1. The highest BCUT2D eigenvalue weighted by atomic mass is 79.9. The molecule has 0 aliphatic carbocycles. The molecule has 2 aromatic rings. The highest BCUT2D eigenvalue weighted by Gasteiger charge is 2.20. The van der Waals surface area contributed by atoms with Crippen molar-refractivity contribution in [2.24, 2.45) is 0 Å². The topological polar surface area (TPSA) is 39.9 Å². The first-order valence-electron chi connectivity index (χ1n) is 6.53. The van der Waals surface area contributed by atoms with Crippen LogP contribution in [0, 0.1) is 6.92 Å². The molecule has 4 nitrogen and oxygen atoms in total. The molecule has 0 saturated carbocycles. The summed E-state index contributed by atoms with van der Waals surface area (Å²) < 4.78 is 8.96. The molecule has 1 aromatic heterocycles. The molecule has 1 atom stereocenters. The van der Waals surface area contributed by atoms with Crippen molar-refractivity contribution in [3.8, 4) is 11.4 Å². The molecule has 1 aromatic carbocycles. The summed E-state index contributed by atoms with van der Waals surface area (Å²) in [5.74, 6) is 0.877. The van der Waals surface area contributed by atoms with Gasteiger partial charge in [0.2, 0.25) is 0 Å². The Bertz CT molecular complexity index is 576. The fraction of sp³-hybridized carbons (Fsp3) is 0.429. The van der Waals surface area contributed by atoms with Crippen LogP contribution in [-0.2, 0) is 4.74 Å². The van der Waals surface area contributed by atoms with E-state index in [-0.39, 0.29) is 6.23 Å². The summed E-state index contributed by atoms with van der Waals surface area (Å²) >= 11 is 3.52. The fourth-order valence-electron chi connectivity index (χ4n) is 2.39. The molecule has 1 unspecified atom stereocenters. The Hall–Kier alpha value is -1.20. The van der Waals surface area contributed by atoms with Gasteiger partial charge in [-0.3, -0.25) is 4.57 Å². The van der Waals surface area contributed by atoms with Gasteiger partial charge >= 0.3 is 0 Å². The minimum Gasteiger partial charge on any atom is -0.358 e. The molecule has 1 saturated heterocycles. The first kappa shape index (κ1) is 12.8. The summed E-state index contributed by atoms with van der Waals surface area (Å²) in [6.07, 6.45) is 5.21. The van der Waals surface area contributed by atoms with Gasteiger partial charge in [-0.05, 0) is 43.9 Å². The van der Waals surface area contributed by atoms with Gasteiger partial charge in [-0.1, -0.05) is 22.0 Å². The molecule has 0 spiro atoms. The Morgan fingerprint density at radius 1 is 1.37 bits per heavy atom. The molecule has 3 rings (SSSR count). The van der Waals surface area contributed by atoms with E-state index in [4.69, 9.17) is 4.74 Å². The van der Waals surface area contributed by atoms with Gasteiger partial charge in [0, 0.05) is 16.6 Å². The van der Waals surface area contributed by atoms with Crippen LogP contribution in [0.4, 0.5) is 0 Å². The van der Waals surface area contributed by atoms with Gasteiger partial charge < -0.3 is 4.74 Å². The SMILES string of the molecule is Cc1cc(-c2nncn2C2CCCCO2)ccc1Br. The quantitative estimate of drug-likeness (QED) is 0.846. The zero-order chi connectivity index (χ0) is 13.2. The summed E-state index contributed by atoms with van der Waals surface area (Å²) in [6.45, 7) is 2.90. The Kier molecular flexibility index (Phi) is 3.66. The Labute approximate surface area is 120 Å². The third-order valence-corrected chi connectivity index (χ3v) is 4.34. The van der Waals surface area contributed by atoms with Gasteiger partial charge in [-0.15, -0.1) is 10.2 Å². The number of hydrogen-bond acceptors (Lipinski definition) is 3. The highest BCUT2D eigenvalue weighted by molar-refractivity contribution is 9.10. The number of nitrogens with zero attached hydrogens (tertiary/aromatic N) is 3. The second kappa shape index (κ2) is 5.43. The molecule has 2 heterocycles. The average Bonchev–Trinajstić information content (AvgIpc) is 2.92. The van der Waals surface area contributed by atoms with Crippen LogP contribution in [0.1, 0.15) is 31.1 Å². The zero-order valence-corrected chi connectivity index (χ0v) is 12.4. The molecule has 0 N–H and O–H groups in total. The van der Waals surface area contributed by atoms with E-state index in [0.717, 1.165) is 35.3 Å². The second-order valence-corrected chi connectivity index (χ2v) is 5.70. The van der Waals surface area contributed by atoms with Crippen molar-refractivity contribution < 1.29 is 4.74 Å². The Morgan fingerprint density at radius 2 is 2.26 bits per heavy atom. The maximum absolute atomic E-state index is 5.81. The maximum atomic E-state index is 5.81. The van der Waals surface area contributed by atoms with Crippen molar-refractivity contribution in [1.82, 2.24) is 14.8 Å². The third kappa shape index (κ3) is 2.58. The van der Waals surface area contributed by atoms with Crippen LogP contribution in [0.3, 0.4) is 0 Å². The monoisotopic (exact) mass is 321 g/mol. The lowest BCUT2D eigenvalue weighted by atomic mass is 10.1. The van der Waals surface area contributed by atoms with E-state index in [9.17, 15) is 0 Å². The second-order valence-electron chi connectivity index (χ2n) is 4.85. The standard InChI is InChI=1S/C14H16BrN3O/c1-10-8-11(5-6-12(10)15)14-17-16-9-18(14)13-4-2-3-7-19-13/h5-6,8-9,13H,2-4,7H2,1H3. The smallest absolute Gasteiger partial charge is 0.165 e. The molecule has 1 aliphatic heterocycles. The van der Waals surface area contributed by atoms with Crippen LogP contribution in [-0.4, -0.2) is 21.4 Å². The summed E-state index contributed by atoms with van der Waals surface area (Å²) in [4.78, 5) is 0. The van der Waals surface area contributed by atoms with Crippen LogP contribution in [0.5, 0.6) is 0 Å². The first-order chi connectivity index (χ1) is 9.25. The molecule has 0 amide bonds. The fourth-order valence-corrected chi connectivity index (χ4v) is 2.63. The predicted molar refractivity (Wildman–Crippen MR) is 76.7 cm³/mol. The van der Waals surface area contributed by atoms with Gasteiger partial charge in [-0.25, -0.2) is 0 Å². The molecule has 1 fully saturated rings. The van der Waals surface area contributed by atoms with Crippen LogP contribution in [0.25, 0.3) is 11.4 Å². The van der Waals surface area contributed by atoms with E-state index in [2.05, 4.69) is 45.2 Å². The minimum atomic E-state index is 0.0719. The van der Waals surface area contributed by atoms with Crippen LogP contribution < -0.4 is 0 Å². The lowest BCUT2D eigenvalue weighted by Crippen LogP contribution is -2.18. The van der Waals surface area contributed by atoms with E-state index in [1.165, 1.54) is 12.0 Å². The molecular formula is C14H16BrN3O. The first-order valence-corrected chi connectivity index (χ1v) is 7.32. The molecule has 0 bridgehead atoms. The largest absolute Gasteiger partial charge is 0.358 e. The number of rotatable bonds is 2. The Balaban J connectivity index is 1.96. The predicted octanol–water partition coefficient (Wildman–Crippen LogP) is 3.72. The molecule has 100 valence electrons. The van der Waals surface area contributed by atoms with Crippen molar-refractivity contribution >= 4 is 15.9 Å². The maximum Gasteiger partial charge on any atom is 0.165 e. The van der Waals surface area contributed by atoms with E-state index in [1.54, 1.807) is 6.33 Å². The van der Waals surface area contributed by atoms with Crippen molar-refractivity contribution in [3.05, 3.63) is 34.6 Å². The van der Waals surface area contributed by atoms with Gasteiger partial charge in [-0.2, -0.15) is 0 Å². The highest BCUT2D eigenvalue weighted by Crippen LogP contribution is 2.29. The summed E-state index contributed by atoms with van der Waals surface area (Å²) in [5.41, 5.74) is 2.27.